The first-order valence-corrected chi connectivity index (χ1v) is 11.5. The number of fused-ring (bicyclic) bond motifs is 1. The maximum atomic E-state index is 12.8. The average Bonchev–Trinajstić information content (AvgIpc) is 3.16. The Morgan fingerprint density at radius 2 is 1.89 bits per heavy atom. The van der Waals surface area contributed by atoms with E-state index < -0.39 is 10.0 Å². The zero-order valence-corrected chi connectivity index (χ0v) is 17.5. The average molecular weight is 418 g/mol. The van der Waals surface area contributed by atoms with Crippen molar-refractivity contribution < 1.29 is 13.2 Å². The van der Waals surface area contributed by atoms with Crippen molar-refractivity contribution in [2.24, 2.45) is 0 Å². The summed E-state index contributed by atoms with van der Waals surface area (Å²) in [6.45, 7) is 4.77. The monoisotopic (exact) mass is 417 g/mol. The van der Waals surface area contributed by atoms with E-state index >= 15 is 0 Å². The van der Waals surface area contributed by atoms with E-state index in [0.717, 1.165) is 23.1 Å². The first kappa shape index (κ1) is 20.4. The second kappa shape index (κ2) is 8.81. The van der Waals surface area contributed by atoms with Crippen molar-refractivity contribution in [1.29, 1.82) is 0 Å². The summed E-state index contributed by atoms with van der Waals surface area (Å²) < 4.78 is 28.0. The van der Waals surface area contributed by atoms with E-state index in [1.54, 1.807) is 5.51 Å². The molecule has 3 aromatic rings. The lowest BCUT2D eigenvalue weighted by atomic mass is 10.2. The third-order valence-corrected chi connectivity index (χ3v) is 7.25. The number of aromatic nitrogens is 1. The van der Waals surface area contributed by atoms with E-state index in [9.17, 15) is 13.2 Å². The van der Waals surface area contributed by atoms with Gasteiger partial charge in [0.05, 0.1) is 20.6 Å². The summed E-state index contributed by atoms with van der Waals surface area (Å²) in [5.74, 6) is -0.295. The predicted molar refractivity (Wildman–Crippen MR) is 113 cm³/mol. The first-order valence-electron chi connectivity index (χ1n) is 9.20. The number of amides is 1. The van der Waals surface area contributed by atoms with Crippen molar-refractivity contribution in [2.75, 3.05) is 18.4 Å². The standard InChI is InChI=1S/C20H23N3O3S2/c1-3-5-12-23(4-2)28(25,26)17-9-6-15(7-10-17)20(24)22-16-8-11-19-18(13-16)21-14-27-19/h6-11,13-14H,3-5,12H2,1-2H3,(H,22,24). The number of rotatable bonds is 8. The minimum atomic E-state index is -3.55. The largest absolute Gasteiger partial charge is 0.322 e. The van der Waals surface area contributed by atoms with Crippen molar-refractivity contribution in [2.45, 2.75) is 31.6 Å². The van der Waals surface area contributed by atoms with Crippen molar-refractivity contribution >= 4 is 43.2 Å². The normalized spacial score (nSPS) is 11.8. The van der Waals surface area contributed by atoms with Gasteiger partial charge in [0, 0.05) is 24.3 Å². The van der Waals surface area contributed by atoms with E-state index in [1.165, 1.54) is 39.9 Å². The molecule has 0 aliphatic carbocycles. The fraction of sp³-hybridized carbons (Fsp3) is 0.300. The maximum absolute atomic E-state index is 12.8. The zero-order chi connectivity index (χ0) is 20.1. The minimum absolute atomic E-state index is 0.200. The highest BCUT2D eigenvalue weighted by molar-refractivity contribution is 7.89. The summed E-state index contributed by atoms with van der Waals surface area (Å²) in [5.41, 5.74) is 3.64. The van der Waals surface area contributed by atoms with Crippen LogP contribution in [0.3, 0.4) is 0 Å². The molecule has 1 heterocycles. The Bertz CT molecular complexity index is 1060. The second-order valence-corrected chi connectivity index (χ2v) is 9.19. The maximum Gasteiger partial charge on any atom is 0.255 e. The van der Waals surface area contributed by atoms with Crippen LogP contribution in [-0.4, -0.2) is 36.7 Å². The summed E-state index contributed by atoms with van der Waals surface area (Å²) in [5, 5.41) is 2.83. The molecule has 2 aromatic carbocycles. The summed E-state index contributed by atoms with van der Waals surface area (Å²) in [7, 11) is -3.55. The molecule has 6 nitrogen and oxygen atoms in total. The molecule has 1 aromatic heterocycles. The number of carbonyl (C=O) groups excluding carboxylic acids is 1. The van der Waals surface area contributed by atoms with Crippen LogP contribution in [-0.2, 0) is 10.0 Å². The van der Waals surface area contributed by atoms with E-state index in [-0.39, 0.29) is 10.8 Å². The lowest BCUT2D eigenvalue weighted by Gasteiger charge is -2.20. The number of nitrogens with one attached hydrogen (secondary N) is 1. The van der Waals surface area contributed by atoms with Gasteiger partial charge in [0.15, 0.2) is 0 Å². The fourth-order valence-electron chi connectivity index (χ4n) is 2.85. The van der Waals surface area contributed by atoms with Crippen LogP contribution in [0.1, 0.15) is 37.0 Å². The Morgan fingerprint density at radius 3 is 2.57 bits per heavy atom. The smallest absolute Gasteiger partial charge is 0.255 e. The van der Waals surface area contributed by atoms with Crippen molar-refractivity contribution in [3.05, 3.63) is 53.5 Å². The van der Waals surface area contributed by atoms with Gasteiger partial charge in [0.1, 0.15) is 0 Å². The summed E-state index contributed by atoms with van der Waals surface area (Å²) in [6, 6.07) is 11.6. The van der Waals surface area contributed by atoms with Gasteiger partial charge in [0.2, 0.25) is 10.0 Å². The van der Waals surface area contributed by atoms with E-state index in [4.69, 9.17) is 0 Å². The van der Waals surface area contributed by atoms with Gasteiger partial charge in [-0.2, -0.15) is 4.31 Å². The van der Waals surface area contributed by atoms with Crippen molar-refractivity contribution in [3.63, 3.8) is 0 Å². The molecule has 0 spiro atoms. The molecule has 0 aliphatic heterocycles. The number of anilines is 1. The molecule has 0 saturated heterocycles. The van der Waals surface area contributed by atoms with E-state index in [0.29, 0.717) is 24.3 Å². The van der Waals surface area contributed by atoms with E-state index in [1.807, 2.05) is 32.0 Å². The van der Waals surface area contributed by atoms with Crippen LogP contribution in [0.2, 0.25) is 0 Å². The van der Waals surface area contributed by atoms with Gasteiger partial charge in [-0.3, -0.25) is 4.79 Å². The minimum Gasteiger partial charge on any atom is -0.322 e. The molecular weight excluding hydrogens is 394 g/mol. The number of hydrogen-bond acceptors (Lipinski definition) is 5. The molecular formula is C20H23N3O3S2. The number of carbonyl (C=O) groups is 1. The van der Waals surface area contributed by atoms with Crippen LogP contribution >= 0.6 is 11.3 Å². The number of hydrogen-bond donors (Lipinski definition) is 1. The van der Waals surface area contributed by atoms with Crippen LogP contribution in [0.15, 0.2) is 52.9 Å². The third kappa shape index (κ3) is 4.40. The van der Waals surface area contributed by atoms with Crippen LogP contribution in [0.25, 0.3) is 10.2 Å². The van der Waals surface area contributed by atoms with Gasteiger partial charge in [0.25, 0.3) is 5.91 Å². The Balaban J connectivity index is 1.74. The zero-order valence-electron chi connectivity index (χ0n) is 15.9. The molecule has 8 heteroatoms. The van der Waals surface area contributed by atoms with Gasteiger partial charge in [-0.25, -0.2) is 13.4 Å². The Hall–Kier alpha value is -2.29. The molecule has 0 saturated carbocycles. The quantitative estimate of drug-likeness (QED) is 0.591. The molecule has 0 bridgehead atoms. The second-order valence-electron chi connectivity index (χ2n) is 6.36. The fourth-order valence-corrected chi connectivity index (χ4v) is 5.00. The topological polar surface area (TPSA) is 79.4 Å². The lowest BCUT2D eigenvalue weighted by molar-refractivity contribution is 0.102. The van der Waals surface area contributed by atoms with Gasteiger partial charge in [-0.1, -0.05) is 20.3 Å². The van der Waals surface area contributed by atoms with Crippen LogP contribution in [0, 0.1) is 0 Å². The molecule has 0 fully saturated rings. The van der Waals surface area contributed by atoms with Crippen molar-refractivity contribution in [3.8, 4) is 0 Å². The molecule has 0 aliphatic rings. The summed E-state index contributed by atoms with van der Waals surface area (Å²) >= 11 is 1.54. The molecule has 0 unspecified atom stereocenters. The number of benzene rings is 2. The highest BCUT2D eigenvalue weighted by Crippen LogP contribution is 2.22. The molecule has 148 valence electrons. The van der Waals surface area contributed by atoms with Gasteiger partial charge < -0.3 is 5.32 Å². The highest BCUT2D eigenvalue weighted by atomic mass is 32.2. The lowest BCUT2D eigenvalue weighted by Crippen LogP contribution is -2.31. The molecule has 0 radical (unpaired) electrons. The predicted octanol–water partition coefficient (Wildman–Crippen LogP) is 4.36. The molecule has 0 atom stereocenters. The number of thiazole rings is 1. The SMILES string of the molecule is CCCCN(CC)S(=O)(=O)c1ccc(C(=O)Nc2ccc3scnc3c2)cc1. The first-order chi connectivity index (χ1) is 13.5. The Labute approximate surface area is 169 Å². The highest BCUT2D eigenvalue weighted by Gasteiger charge is 2.22. The Kier molecular flexibility index (Phi) is 6.43. The number of sulfonamides is 1. The van der Waals surface area contributed by atoms with Gasteiger partial charge >= 0.3 is 0 Å². The molecule has 1 amide bonds. The van der Waals surface area contributed by atoms with Crippen molar-refractivity contribution in [1.82, 2.24) is 9.29 Å². The van der Waals surface area contributed by atoms with Gasteiger partial charge in [-0.15, -0.1) is 11.3 Å². The number of unbranched alkanes of at least 4 members (excludes halogenated alkanes) is 1. The summed E-state index contributed by atoms with van der Waals surface area (Å²) in [4.78, 5) is 16.9. The molecule has 1 N–H and O–H groups in total. The number of nitrogens with zero attached hydrogens (tertiary/aromatic N) is 2. The molecule has 28 heavy (non-hydrogen) atoms. The third-order valence-electron chi connectivity index (χ3n) is 4.46. The Morgan fingerprint density at radius 1 is 1.14 bits per heavy atom. The van der Waals surface area contributed by atoms with Crippen LogP contribution < -0.4 is 5.32 Å². The van der Waals surface area contributed by atoms with Gasteiger partial charge in [-0.05, 0) is 48.9 Å². The van der Waals surface area contributed by atoms with Crippen LogP contribution in [0.5, 0.6) is 0 Å². The van der Waals surface area contributed by atoms with E-state index in [2.05, 4.69) is 10.3 Å². The van der Waals surface area contributed by atoms with Crippen LogP contribution in [0.4, 0.5) is 5.69 Å². The molecule has 3 rings (SSSR count). The summed E-state index contributed by atoms with van der Waals surface area (Å²) in [6.07, 6.45) is 1.74.